The van der Waals surface area contributed by atoms with Crippen LogP contribution < -0.4 is 10.6 Å². The van der Waals surface area contributed by atoms with Crippen LogP contribution in [0, 0.1) is 11.6 Å². The maximum absolute atomic E-state index is 14.1. The predicted molar refractivity (Wildman–Crippen MR) is 135 cm³/mol. The quantitative estimate of drug-likeness (QED) is 0.345. The minimum atomic E-state index is -2.22. The van der Waals surface area contributed by atoms with Gasteiger partial charge in [0.05, 0.1) is 19.3 Å². The standard InChI is InChI=1S/C25H42F2N2O5Si/c1-22(2,3)34-21(31)29-24(7,17-12-18(26)14-19(27)13-17)15-28-25(8,20(30)32-9)16-33-35(10,11)23(4,5)6/h12-14,28H,15-16H2,1-11H3,(H,29,31). The van der Waals surface area contributed by atoms with Crippen LogP contribution in [-0.2, 0) is 24.2 Å². The Kier molecular flexibility index (Phi) is 9.67. The Morgan fingerprint density at radius 3 is 1.89 bits per heavy atom. The first-order valence-corrected chi connectivity index (χ1v) is 14.5. The third kappa shape index (κ3) is 8.84. The van der Waals surface area contributed by atoms with E-state index in [-0.39, 0.29) is 23.8 Å². The van der Waals surface area contributed by atoms with Crippen LogP contribution in [0.5, 0.6) is 0 Å². The highest BCUT2D eigenvalue weighted by atomic mass is 28.4. The van der Waals surface area contributed by atoms with Gasteiger partial charge in [0.2, 0.25) is 0 Å². The Morgan fingerprint density at radius 1 is 0.943 bits per heavy atom. The summed E-state index contributed by atoms with van der Waals surface area (Å²) in [7, 11) is -0.944. The number of ether oxygens (including phenoxy) is 2. The molecule has 35 heavy (non-hydrogen) atoms. The van der Waals surface area contributed by atoms with Gasteiger partial charge in [-0.2, -0.15) is 0 Å². The summed E-state index contributed by atoms with van der Waals surface area (Å²) in [5.41, 5.74) is -3.28. The molecule has 2 unspecified atom stereocenters. The van der Waals surface area contributed by atoms with Gasteiger partial charge in [0.25, 0.3) is 0 Å². The first-order valence-electron chi connectivity index (χ1n) is 11.6. The summed E-state index contributed by atoms with van der Waals surface area (Å²) in [5, 5.41) is 5.74. The molecule has 0 saturated carbocycles. The summed E-state index contributed by atoms with van der Waals surface area (Å²) >= 11 is 0. The van der Waals surface area contributed by atoms with E-state index in [4.69, 9.17) is 13.9 Å². The highest BCUT2D eigenvalue weighted by Gasteiger charge is 2.43. The number of methoxy groups -OCH3 is 1. The van der Waals surface area contributed by atoms with E-state index >= 15 is 0 Å². The molecule has 1 aromatic carbocycles. The SMILES string of the molecule is COC(=O)C(C)(CO[Si](C)(C)C(C)(C)C)NCC(C)(NC(=O)OC(C)(C)C)c1cc(F)cc(F)c1. The lowest BCUT2D eigenvalue weighted by molar-refractivity contribution is -0.149. The lowest BCUT2D eigenvalue weighted by Crippen LogP contribution is -2.61. The van der Waals surface area contributed by atoms with Gasteiger partial charge in [0.15, 0.2) is 8.32 Å². The summed E-state index contributed by atoms with van der Waals surface area (Å²) in [6, 6.07) is 3.00. The smallest absolute Gasteiger partial charge is 0.408 e. The van der Waals surface area contributed by atoms with E-state index < -0.39 is 48.7 Å². The predicted octanol–water partition coefficient (Wildman–Crippen LogP) is 5.25. The van der Waals surface area contributed by atoms with Crippen LogP contribution >= 0.6 is 0 Å². The van der Waals surface area contributed by atoms with Gasteiger partial charge in [0.1, 0.15) is 22.8 Å². The van der Waals surface area contributed by atoms with Gasteiger partial charge in [-0.05, 0) is 70.4 Å². The first-order chi connectivity index (χ1) is 15.6. The molecule has 200 valence electrons. The van der Waals surface area contributed by atoms with Crippen molar-refractivity contribution in [1.82, 2.24) is 10.6 Å². The minimum absolute atomic E-state index is 0.0101. The number of carbonyl (C=O) groups excluding carboxylic acids is 2. The molecule has 10 heteroatoms. The van der Waals surface area contributed by atoms with E-state index in [2.05, 4.69) is 44.5 Å². The number of nitrogens with one attached hydrogen (secondary N) is 2. The number of hydrogen-bond donors (Lipinski definition) is 2. The van der Waals surface area contributed by atoms with Crippen LogP contribution in [0.1, 0.15) is 61.0 Å². The number of rotatable bonds is 9. The summed E-state index contributed by atoms with van der Waals surface area (Å²) in [6.07, 6.45) is -0.774. The van der Waals surface area contributed by atoms with Crippen molar-refractivity contribution in [2.75, 3.05) is 20.3 Å². The molecule has 0 aliphatic rings. The van der Waals surface area contributed by atoms with E-state index in [0.29, 0.717) is 0 Å². The van der Waals surface area contributed by atoms with Crippen LogP contribution in [0.3, 0.4) is 0 Å². The monoisotopic (exact) mass is 516 g/mol. The molecule has 2 N–H and O–H groups in total. The van der Waals surface area contributed by atoms with E-state index in [1.807, 2.05) is 0 Å². The van der Waals surface area contributed by atoms with Crippen molar-refractivity contribution in [2.45, 2.75) is 90.2 Å². The summed E-state index contributed by atoms with van der Waals surface area (Å²) < 4.78 is 44.9. The average molecular weight is 517 g/mol. The van der Waals surface area contributed by atoms with E-state index in [1.54, 1.807) is 34.6 Å². The van der Waals surface area contributed by atoms with E-state index in [9.17, 15) is 18.4 Å². The van der Waals surface area contributed by atoms with Gasteiger partial charge in [0, 0.05) is 12.6 Å². The number of alkyl carbamates (subject to hydrolysis) is 1. The molecule has 0 aliphatic carbocycles. The maximum atomic E-state index is 14.1. The molecule has 0 aliphatic heterocycles. The minimum Gasteiger partial charge on any atom is -0.468 e. The van der Waals surface area contributed by atoms with Gasteiger partial charge >= 0.3 is 12.1 Å². The van der Waals surface area contributed by atoms with Crippen LogP contribution in [0.4, 0.5) is 13.6 Å². The molecule has 1 amide bonds. The van der Waals surface area contributed by atoms with Crippen molar-refractivity contribution in [3.05, 3.63) is 35.4 Å². The van der Waals surface area contributed by atoms with Crippen molar-refractivity contribution in [1.29, 1.82) is 0 Å². The summed E-state index contributed by atoms with van der Waals surface area (Å²) in [4.78, 5) is 25.4. The topological polar surface area (TPSA) is 85.9 Å². The van der Waals surface area contributed by atoms with Gasteiger partial charge in [-0.3, -0.25) is 5.32 Å². The Balaban J connectivity index is 3.32. The lowest BCUT2D eigenvalue weighted by atomic mass is 9.90. The molecule has 7 nitrogen and oxygen atoms in total. The summed E-state index contributed by atoms with van der Waals surface area (Å²) in [5.74, 6) is -2.16. The summed E-state index contributed by atoms with van der Waals surface area (Å²) in [6.45, 7) is 18.6. The van der Waals surface area contributed by atoms with Crippen LogP contribution in [-0.4, -0.2) is 51.8 Å². The van der Waals surface area contributed by atoms with Crippen LogP contribution in [0.15, 0.2) is 18.2 Å². The third-order valence-electron chi connectivity index (χ3n) is 6.27. The Labute approximate surface area is 209 Å². The zero-order valence-electron chi connectivity index (χ0n) is 22.9. The fourth-order valence-electron chi connectivity index (χ4n) is 2.94. The Hall–Kier alpha value is -2.04. The van der Waals surface area contributed by atoms with E-state index in [0.717, 1.165) is 18.2 Å². The molecule has 0 saturated heterocycles. The van der Waals surface area contributed by atoms with Crippen LogP contribution in [0.25, 0.3) is 0 Å². The molecule has 0 spiro atoms. The average Bonchev–Trinajstić information content (AvgIpc) is 2.67. The third-order valence-corrected chi connectivity index (χ3v) is 10.8. The number of carbonyl (C=O) groups is 2. The molecule has 2 atom stereocenters. The molecule has 0 radical (unpaired) electrons. The molecule has 1 aromatic rings. The van der Waals surface area contributed by atoms with Gasteiger partial charge in [-0.25, -0.2) is 18.4 Å². The zero-order chi connectivity index (χ0) is 27.5. The fraction of sp³-hybridized carbons (Fsp3) is 0.680. The number of esters is 1. The number of hydrogen-bond acceptors (Lipinski definition) is 6. The van der Waals surface area contributed by atoms with Gasteiger partial charge in [-0.15, -0.1) is 0 Å². The molecule has 1 rings (SSSR count). The molecule has 0 heterocycles. The van der Waals surface area contributed by atoms with Gasteiger partial charge < -0.3 is 19.2 Å². The molecular weight excluding hydrogens is 474 g/mol. The second-order valence-corrected chi connectivity index (χ2v) is 16.7. The molecule has 0 bridgehead atoms. The zero-order valence-corrected chi connectivity index (χ0v) is 23.9. The van der Waals surface area contributed by atoms with Crippen LogP contribution in [0.2, 0.25) is 18.1 Å². The Bertz CT molecular complexity index is 894. The van der Waals surface area contributed by atoms with E-state index in [1.165, 1.54) is 7.11 Å². The fourth-order valence-corrected chi connectivity index (χ4v) is 4.02. The first kappa shape index (κ1) is 31.0. The second kappa shape index (κ2) is 10.9. The lowest BCUT2D eigenvalue weighted by Gasteiger charge is -2.41. The molecule has 0 fully saturated rings. The highest BCUT2D eigenvalue weighted by Crippen LogP contribution is 2.37. The van der Waals surface area contributed by atoms with Crippen molar-refractivity contribution in [2.24, 2.45) is 0 Å². The normalized spacial score (nSPS) is 16.1. The van der Waals surface area contributed by atoms with Crippen molar-refractivity contribution in [3.8, 4) is 0 Å². The number of amides is 1. The Morgan fingerprint density at radius 2 is 1.46 bits per heavy atom. The maximum Gasteiger partial charge on any atom is 0.408 e. The van der Waals surface area contributed by atoms with Crippen molar-refractivity contribution < 1.29 is 32.3 Å². The second-order valence-electron chi connectivity index (χ2n) is 11.8. The largest absolute Gasteiger partial charge is 0.468 e. The molecular formula is C25H42F2N2O5Si. The highest BCUT2D eigenvalue weighted by molar-refractivity contribution is 6.74. The number of halogens is 2. The number of benzene rings is 1. The molecule has 0 aromatic heterocycles. The van der Waals surface area contributed by atoms with Crippen molar-refractivity contribution >= 4 is 20.4 Å². The van der Waals surface area contributed by atoms with Crippen molar-refractivity contribution in [3.63, 3.8) is 0 Å². The van der Waals surface area contributed by atoms with Gasteiger partial charge in [-0.1, -0.05) is 20.8 Å².